The van der Waals surface area contributed by atoms with Crippen molar-refractivity contribution in [3.8, 4) is 0 Å². The van der Waals surface area contributed by atoms with Crippen LogP contribution in [0.4, 0.5) is 0 Å². The summed E-state index contributed by atoms with van der Waals surface area (Å²) in [6, 6.07) is 3.63. The van der Waals surface area contributed by atoms with E-state index in [1.807, 2.05) is 6.07 Å². The van der Waals surface area contributed by atoms with Gasteiger partial charge in [0.05, 0.1) is 8.66 Å². The number of thiophene rings is 1. The highest BCUT2D eigenvalue weighted by Gasteiger charge is 2.06. The zero-order chi connectivity index (χ0) is 8.97. The number of nitrogens with one attached hydrogen (secondary N) is 1. The van der Waals surface area contributed by atoms with Crippen molar-refractivity contribution in [2.24, 2.45) is 5.73 Å². The van der Waals surface area contributed by atoms with Crippen LogP contribution in [0.3, 0.4) is 0 Å². The normalized spacial score (nSPS) is 9.83. The topological polar surface area (TPSA) is 55.1 Å². The van der Waals surface area contributed by atoms with E-state index in [2.05, 4.69) is 21.2 Å². The molecule has 1 rings (SSSR count). The summed E-state index contributed by atoms with van der Waals surface area (Å²) in [7, 11) is 0. The van der Waals surface area contributed by atoms with Crippen LogP contribution in [0.1, 0.15) is 9.67 Å². The summed E-state index contributed by atoms with van der Waals surface area (Å²) in [5.41, 5.74) is 5.24. The molecule has 0 fully saturated rings. The second-order valence-corrected chi connectivity index (χ2v) is 4.61. The molecule has 0 aliphatic carbocycles. The van der Waals surface area contributed by atoms with E-state index in [1.54, 1.807) is 6.07 Å². The fraction of sp³-hybridized carbons (Fsp3) is 0.286. The van der Waals surface area contributed by atoms with Crippen molar-refractivity contribution in [2.75, 3.05) is 13.1 Å². The molecule has 1 aromatic rings. The van der Waals surface area contributed by atoms with Crippen LogP contribution in [0.25, 0.3) is 0 Å². The quantitative estimate of drug-likeness (QED) is 0.845. The molecule has 0 radical (unpaired) electrons. The molecule has 66 valence electrons. The van der Waals surface area contributed by atoms with Crippen molar-refractivity contribution in [1.29, 1.82) is 0 Å². The van der Waals surface area contributed by atoms with Crippen molar-refractivity contribution >= 4 is 33.2 Å². The summed E-state index contributed by atoms with van der Waals surface area (Å²) < 4.78 is 0.959. The second-order valence-electron chi connectivity index (χ2n) is 2.15. The Bertz CT molecular complexity index is 274. The molecule has 0 bridgehead atoms. The smallest absolute Gasteiger partial charge is 0.261 e. The SMILES string of the molecule is NCCNC(=O)c1ccc(Br)s1. The van der Waals surface area contributed by atoms with Gasteiger partial charge in [-0.05, 0) is 28.1 Å². The minimum absolute atomic E-state index is 0.0591. The molecule has 0 aromatic carbocycles. The minimum Gasteiger partial charge on any atom is -0.350 e. The largest absolute Gasteiger partial charge is 0.350 e. The average molecular weight is 249 g/mol. The van der Waals surface area contributed by atoms with Gasteiger partial charge in [0.15, 0.2) is 0 Å². The average Bonchev–Trinajstić information content (AvgIpc) is 2.47. The molecule has 0 saturated heterocycles. The van der Waals surface area contributed by atoms with Crippen molar-refractivity contribution in [1.82, 2.24) is 5.32 Å². The summed E-state index contributed by atoms with van der Waals surface area (Å²) >= 11 is 4.69. The van der Waals surface area contributed by atoms with Crippen molar-refractivity contribution in [3.63, 3.8) is 0 Å². The standard InChI is InChI=1S/C7H9BrN2OS/c8-6-2-1-5(12-6)7(11)10-4-3-9/h1-2H,3-4,9H2,(H,10,11). The van der Waals surface area contributed by atoms with E-state index in [0.29, 0.717) is 18.0 Å². The van der Waals surface area contributed by atoms with Crippen LogP contribution in [0.5, 0.6) is 0 Å². The number of hydrogen-bond acceptors (Lipinski definition) is 3. The molecular formula is C7H9BrN2OS. The number of rotatable bonds is 3. The fourth-order valence-electron chi connectivity index (χ4n) is 0.709. The van der Waals surface area contributed by atoms with Crippen LogP contribution in [-0.2, 0) is 0 Å². The van der Waals surface area contributed by atoms with Gasteiger partial charge in [0, 0.05) is 13.1 Å². The lowest BCUT2D eigenvalue weighted by Gasteiger charge is -1.98. The molecule has 0 unspecified atom stereocenters. The molecule has 3 nitrogen and oxygen atoms in total. The van der Waals surface area contributed by atoms with Crippen molar-refractivity contribution in [3.05, 3.63) is 20.8 Å². The zero-order valence-electron chi connectivity index (χ0n) is 6.34. The number of nitrogens with two attached hydrogens (primary N) is 1. The summed E-state index contributed by atoms with van der Waals surface area (Å²) in [4.78, 5) is 11.9. The molecule has 1 aromatic heterocycles. The lowest BCUT2D eigenvalue weighted by Crippen LogP contribution is -2.28. The summed E-state index contributed by atoms with van der Waals surface area (Å²) in [5, 5.41) is 2.69. The third-order valence-electron chi connectivity index (χ3n) is 1.23. The molecule has 0 saturated carbocycles. The highest BCUT2D eigenvalue weighted by Crippen LogP contribution is 2.21. The predicted molar refractivity (Wildman–Crippen MR) is 53.4 cm³/mol. The molecule has 1 amide bonds. The first kappa shape index (κ1) is 9.70. The van der Waals surface area contributed by atoms with Gasteiger partial charge in [-0.2, -0.15) is 0 Å². The maximum absolute atomic E-state index is 11.2. The van der Waals surface area contributed by atoms with Gasteiger partial charge in [-0.25, -0.2) is 0 Å². The van der Waals surface area contributed by atoms with E-state index in [-0.39, 0.29) is 5.91 Å². The highest BCUT2D eigenvalue weighted by atomic mass is 79.9. The molecule has 0 atom stereocenters. The maximum atomic E-state index is 11.2. The van der Waals surface area contributed by atoms with Gasteiger partial charge in [-0.3, -0.25) is 4.79 Å². The molecular weight excluding hydrogens is 240 g/mol. The molecule has 0 spiro atoms. The van der Waals surface area contributed by atoms with E-state index >= 15 is 0 Å². The van der Waals surface area contributed by atoms with Crippen LogP contribution in [-0.4, -0.2) is 19.0 Å². The van der Waals surface area contributed by atoms with Crippen LogP contribution >= 0.6 is 27.3 Å². The molecule has 12 heavy (non-hydrogen) atoms. The van der Waals surface area contributed by atoms with Gasteiger partial charge in [0.2, 0.25) is 0 Å². The Morgan fingerprint density at radius 2 is 2.42 bits per heavy atom. The van der Waals surface area contributed by atoms with Crippen LogP contribution < -0.4 is 11.1 Å². The monoisotopic (exact) mass is 248 g/mol. The molecule has 0 aliphatic heterocycles. The van der Waals surface area contributed by atoms with Crippen molar-refractivity contribution < 1.29 is 4.79 Å². The lowest BCUT2D eigenvalue weighted by atomic mass is 10.4. The maximum Gasteiger partial charge on any atom is 0.261 e. The van der Waals surface area contributed by atoms with Gasteiger partial charge in [0.25, 0.3) is 5.91 Å². The van der Waals surface area contributed by atoms with Gasteiger partial charge < -0.3 is 11.1 Å². The molecule has 5 heteroatoms. The van der Waals surface area contributed by atoms with Crippen LogP contribution in [0.15, 0.2) is 15.9 Å². The van der Waals surface area contributed by atoms with E-state index in [0.717, 1.165) is 3.79 Å². The summed E-state index contributed by atoms with van der Waals surface area (Å²) in [5.74, 6) is -0.0591. The first-order valence-electron chi connectivity index (χ1n) is 3.47. The van der Waals surface area contributed by atoms with E-state index in [9.17, 15) is 4.79 Å². The van der Waals surface area contributed by atoms with Gasteiger partial charge in [-0.15, -0.1) is 11.3 Å². The number of hydrogen-bond donors (Lipinski definition) is 2. The number of carbonyl (C=O) groups is 1. The number of halogens is 1. The Labute approximate surface area is 83.1 Å². The molecule has 0 aliphatic rings. The third kappa shape index (κ3) is 2.58. The molecule has 1 heterocycles. The third-order valence-corrected chi connectivity index (χ3v) is 2.85. The predicted octanol–water partition coefficient (Wildman–Crippen LogP) is 1.20. The van der Waals surface area contributed by atoms with E-state index in [4.69, 9.17) is 5.73 Å². The second kappa shape index (κ2) is 4.59. The zero-order valence-corrected chi connectivity index (χ0v) is 8.74. The van der Waals surface area contributed by atoms with E-state index in [1.165, 1.54) is 11.3 Å². The number of amides is 1. The Hall–Kier alpha value is -0.390. The van der Waals surface area contributed by atoms with Crippen molar-refractivity contribution in [2.45, 2.75) is 0 Å². The highest BCUT2D eigenvalue weighted by molar-refractivity contribution is 9.11. The summed E-state index contributed by atoms with van der Waals surface area (Å²) in [6.45, 7) is 0.993. The van der Waals surface area contributed by atoms with Gasteiger partial charge in [0.1, 0.15) is 0 Å². The Morgan fingerprint density at radius 1 is 1.67 bits per heavy atom. The minimum atomic E-state index is -0.0591. The van der Waals surface area contributed by atoms with Crippen LogP contribution in [0.2, 0.25) is 0 Å². The first-order valence-corrected chi connectivity index (χ1v) is 5.08. The lowest BCUT2D eigenvalue weighted by molar-refractivity contribution is 0.0959. The van der Waals surface area contributed by atoms with Gasteiger partial charge >= 0.3 is 0 Å². The van der Waals surface area contributed by atoms with Gasteiger partial charge in [-0.1, -0.05) is 0 Å². The Balaban J connectivity index is 2.53. The first-order chi connectivity index (χ1) is 5.74. The Kier molecular flexibility index (Phi) is 3.71. The fourth-order valence-corrected chi connectivity index (χ4v) is 2.01. The van der Waals surface area contributed by atoms with Crippen LogP contribution in [0, 0.1) is 0 Å². The molecule has 3 N–H and O–H groups in total. The summed E-state index contributed by atoms with van der Waals surface area (Å²) in [6.07, 6.45) is 0. The number of carbonyl (C=O) groups excluding carboxylic acids is 1. The van der Waals surface area contributed by atoms with E-state index < -0.39 is 0 Å². The Morgan fingerprint density at radius 3 is 2.92 bits per heavy atom.